The van der Waals surface area contributed by atoms with Crippen molar-refractivity contribution in [2.75, 3.05) is 0 Å². The third-order valence-corrected chi connectivity index (χ3v) is 4.77. The number of aromatic nitrogens is 1. The number of nitrogens with zero attached hydrogens (tertiary/aromatic N) is 1. The molecule has 0 aliphatic heterocycles. The number of benzene rings is 4. The van der Waals surface area contributed by atoms with Crippen LogP contribution in [0.25, 0.3) is 38.6 Å². The van der Waals surface area contributed by atoms with Crippen molar-refractivity contribution in [2.45, 2.75) is 0 Å². The molecule has 1 heterocycles. The van der Waals surface area contributed by atoms with Gasteiger partial charge in [-0.1, -0.05) is 84.9 Å². The first-order valence-corrected chi connectivity index (χ1v) is 8.56. The van der Waals surface area contributed by atoms with Gasteiger partial charge in [-0.25, -0.2) is 0 Å². The van der Waals surface area contributed by atoms with Crippen LogP contribution in [0.5, 0.6) is 0 Å². The van der Waals surface area contributed by atoms with Crippen LogP contribution < -0.4 is 0 Å². The molecule has 0 N–H and O–H groups in total. The first kappa shape index (κ1) is 14.1. The van der Waals surface area contributed by atoms with Gasteiger partial charge in [0.25, 0.3) is 0 Å². The van der Waals surface area contributed by atoms with Gasteiger partial charge in [0.2, 0.25) is 0 Å². The fraction of sp³-hybridized carbons (Fsp3) is 0. The van der Waals surface area contributed by atoms with E-state index < -0.39 is 0 Å². The molecule has 25 heavy (non-hydrogen) atoms. The molecule has 0 spiro atoms. The Morgan fingerprint density at radius 1 is 0.520 bits per heavy atom. The summed E-state index contributed by atoms with van der Waals surface area (Å²) in [5, 5.41) is 3.82. The highest BCUT2D eigenvalue weighted by Crippen LogP contribution is 2.35. The van der Waals surface area contributed by atoms with Gasteiger partial charge in [0.15, 0.2) is 0 Å². The molecule has 0 radical (unpaired) electrons. The molecule has 0 fully saturated rings. The minimum atomic E-state index is 1.19. The lowest BCUT2D eigenvalue weighted by atomic mass is 10.1. The van der Waals surface area contributed by atoms with Crippen molar-refractivity contribution in [1.82, 2.24) is 4.57 Å². The second-order valence-electron chi connectivity index (χ2n) is 6.29. The monoisotopic (exact) mass is 319 g/mol. The molecule has 1 aromatic heterocycles. The van der Waals surface area contributed by atoms with Gasteiger partial charge in [-0.05, 0) is 29.1 Å². The van der Waals surface area contributed by atoms with Crippen molar-refractivity contribution < 1.29 is 0 Å². The fourth-order valence-corrected chi connectivity index (χ4v) is 3.64. The van der Waals surface area contributed by atoms with Crippen LogP contribution >= 0.6 is 0 Å². The van der Waals surface area contributed by atoms with Crippen molar-refractivity contribution in [3.8, 4) is 16.9 Å². The highest BCUT2D eigenvalue weighted by Gasteiger charge is 2.14. The zero-order chi connectivity index (χ0) is 16.6. The van der Waals surface area contributed by atoms with E-state index in [1.807, 2.05) is 0 Å². The van der Waals surface area contributed by atoms with Crippen molar-refractivity contribution >= 4 is 21.7 Å². The smallest absolute Gasteiger partial charge is 0.0613 e. The molecule has 0 saturated carbocycles. The van der Waals surface area contributed by atoms with E-state index in [1.54, 1.807) is 0 Å². The molecule has 0 atom stereocenters. The number of fused-ring (bicyclic) bond motifs is 3. The molecule has 0 amide bonds. The maximum absolute atomic E-state index is 2.38. The van der Waals surface area contributed by atoms with Crippen LogP contribution in [-0.2, 0) is 0 Å². The minimum Gasteiger partial charge on any atom is -0.309 e. The SMILES string of the molecule is c1ccc(-c2cc3ccc4ccccc4c3n2-c2ccccc2)cc1. The molecule has 5 aromatic rings. The van der Waals surface area contributed by atoms with E-state index in [9.17, 15) is 0 Å². The van der Waals surface area contributed by atoms with E-state index in [4.69, 9.17) is 0 Å². The van der Waals surface area contributed by atoms with Crippen molar-refractivity contribution in [1.29, 1.82) is 0 Å². The Bertz CT molecular complexity index is 1170. The first-order chi connectivity index (χ1) is 12.4. The topological polar surface area (TPSA) is 4.93 Å². The van der Waals surface area contributed by atoms with Gasteiger partial charge in [0.1, 0.15) is 0 Å². The molecule has 0 bridgehead atoms. The molecule has 4 aromatic carbocycles. The van der Waals surface area contributed by atoms with Gasteiger partial charge in [-0.2, -0.15) is 0 Å². The Morgan fingerprint density at radius 3 is 1.96 bits per heavy atom. The summed E-state index contributed by atoms with van der Waals surface area (Å²) in [6.45, 7) is 0. The van der Waals surface area contributed by atoms with E-state index in [-0.39, 0.29) is 0 Å². The number of hydrogen-bond acceptors (Lipinski definition) is 0. The van der Waals surface area contributed by atoms with Crippen molar-refractivity contribution in [3.63, 3.8) is 0 Å². The van der Waals surface area contributed by atoms with E-state index in [0.717, 1.165) is 0 Å². The van der Waals surface area contributed by atoms with Crippen LogP contribution in [0.4, 0.5) is 0 Å². The van der Waals surface area contributed by atoms with Crippen LogP contribution in [0.2, 0.25) is 0 Å². The predicted octanol–water partition coefficient (Wildman–Crippen LogP) is 6.45. The normalized spacial score (nSPS) is 11.2. The lowest BCUT2D eigenvalue weighted by Gasteiger charge is -2.12. The molecular formula is C24H17N. The second kappa shape index (κ2) is 5.64. The number of rotatable bonds is 2. The van der Waals surface area contributed by atoms with Gasteiger partial charge in [-0.15, -0.1) is 0 Å². The lowest BCUT2D eigenvalue weighted by molar-refractivity contribution is 1.14. The van der Waals surface area contributed by atoms with Gasteiger partial charge in [0.05, 0.1) is 11.2 Å². The summed E-state index contributed by atoms with van der Waals surface area (Å²) >= 11 is 0. The van der Waals surface area contributed by atoms with E-state index in [1.165, 1.54) is 38.6 Å². The molecule has 1 heteroatoms. The third-order valence-electron chi connectivity index (χ3n) is 4.77. The van der Waals surface area contributed by atoms with Crippen LogP contribution in [0.3, 0.4) is 0 Å². The summed E-state index contributed by atoms with van der Waals surface area (Å²) in [6.07, 6.45) is 0. The van der Waals surface area contributed by atoms with Crippen LogP contribution in [0, 0.1) is 0 Å². The van der Waals surface area contributed by atoms with Gasteiger partial charge < -0.3 is 4.57 Å². The Kier molecular flexibility index (Phi) is 3.17. The molecule has 0 aliphatic carbocycles. The maximum atomic E-state index is 2.38. The fourth-order valence-electron chi connectivity index (χ4n) is 3.64. The summed E-state index contributed by atoms with van der Waals surface area (Å²) < 4.78 is 2.38. The summed E-state index contributed by atoms with van der Waals surface area (Å²) in [6, 6.07) is 36.6. The van der Waals surface area contributed by atoms with Gasteiger partial charge in [0, 0.05) is 16.5 Å². The largest absolute Gasteiger partial charge is 0.309 e. The summed E-state index contributed by atoms with van der Waals surface area (Å²) in [7, 11) is 0. The van der Waals surface area contributed by atoms with Crippen LogP contribution in [-0.4, -0.2) is 4.57 Å². The minimum absolute atomic E-state index is 1.19. The molecule has 0 saturated heterocycles. The molecule has 0 unspecified atom stereocenters. The van der Waals surface area contributed by atoms with Gasteiger partial charge >= 0.3 is 0 Å². The Morgan fingerprint density at radius 2 is 1.16 bits per heavy atom. The average molecular weight is 319 g/mol. The standard InChI is InChI=1S/C24H17N/c1-3-10-19(11-4-1)23-17-20-16-15-18-9-7-8-14-22(18)24(20)25(23)21-12-5-2-6-13-21/h1-17H. The van der Waals surface area contributed by atoms with E-state index >= 15 is 0 Å². The Balaban J connectivity index is 1.96. The molecule has 118 valence electrons. The molecule has 0 aliphatic rings. The van der Waals surface area contributed by atoms with Crippen LogP contribution in [0.15, 0.2) is 103 Å². The second-order valence-corrected chi connectivity index (χ2v) is 6.29. The van der Waals surface area contributed by atoms with Crippen LogP contribution in [0.1, 0.15) is 0 Å². The molecule has 5 rings (SSSR count). The van der Waals surface area contributed by atoms with E-state index in [2.05, 4.69) is 108 Å². The zero-order valence-electron chi connectivity index (χ0n) is 13.8. The Hall–Kier alpha value is -3.32. The number of para-hydroxylation sites is 1. The Labute approximate surface area is 146 Å². The average Bonchev–Trinajstić information content (AvgIpc) is 3.09. The van der Waals surface area contributed by atoms with E-state index in [0.29, 0.717) is 0 Å². The predicted molar refractivity (Wildman–Crippen MR) is 106 cm³/mol. The highest BCUT2D eigenvalue weighted by atomic mass is 15.0. The quantitative estimate of drug-likeness (QED) is 0.352. The third kappa shape index (κ3) is 2.25. The highest BCUT2D eigenvalue weighted by molar-refractivity contribution is 6.08. The molecule has 1 nitrogen and oxygen atoms in total. The van der Waals surface area contributed by atoms with Crippen molar-refractivity contribution in [3.05, 3.63) is 103 Å². The number of hydrogen-bond donors (Lipinski definition) is 0. The molecular weight excluding hydrogens is 302 g/mol. The lowest BCUT2D eigenvalue weighted by Crippen LogP contribution is -1.96. The first-order valence-electron chi connectivity index (χ1n) is 8.56. The van der Waals surface area contributed by atoms with Gasteiger partial charge in [-0.3, -0.25) is 0 Å². The zero-order valence-corrected chi connectivity index (χ0v) is 13.8. The summed E-state index contributed by atoms with van der Waals surface area (Å²) in [5.74, 6) is 0. The summed E-state index contributed by atoms with van der Waals surface area (Å²) in [4.78, 5) is 0. The van der Waals surface area contributed by atoms with Crippen molar-refractivity contribution in [2.24, 2.45) is 0 Å². The summed E-state index contributed by atoms with van der Waals surface area (Å²) in [5.41, 5.74) is 4.90. The maximum Gasteiger partial charge on any atom is 0.0613 e.